The molecule has 1 fully saturated rings. The topological polar surface area (TPSA) is 29.5 Å². The van der Waals surface area contributed by atoms with Crippen molar-refractivity contribution >= 4 is 0 Å². The first-order valence-electron chi connectivity index (χ1n) is 5.96. The number of hydrogen-bond acceptors (Lipinski definition) is 2. The van der Waals surface area contributed by atoms with Crippen LogP contribution in [0.1, 0.15) is 30.7 Å². The maximum Gasteiger partial charge on any atom is 0.573 e. The van der Waals surface area contributed by atoms with E-state index in [9.17, 15) is 13.2 Å². The summed E-state index contributed by atoms with van der Waals surface area (Å²) in [5, 5.41) is 9.01. The molecule has 5 heteroatoms. The lowest BCUT2D eigenvalue weighted by Crippen LogP contribution is -2.17. The Hall–Kier alpha value is -1.23. The summed E-state index contributed by atoms with van der Waals surface area (Å²) in [7, 11) is 0. The molecule has 1 N–H and O–H groups in total. The van der Waals surface area contributed by atoms with Gasteiger partial charge >= 0.3 is 6.36 Å². The van der Waals surface area contributed by atoms with Gasteiger partial charge in [0, 0.05) is 6.61 Å². The van der Waals surface area contributed by atoms with Crippen LogP contribution in [-0.2, 0) is 0 Å². The zero-order valence-corrected chi connectivity index (χ0v) is 9.78. The van der Waals surface area contributed by atoms with Crippen LogP contribution in [0.2, 0.25) is 0 Å². The lowest BCUT2D eigenvalue weighted by Gasteiger charge is -2.16. The van der Waals surface area contributed by atoms with Crippen molar-refractivity contribution in [3.63, 3.8) is 0 Å². The van der Waals surface area contributed by atoms with Crippen molar-refractivity contribution in [3.8, 4) is 5.75 Å². The van der Waals surface area contributed by atoms with Gasteiger partial charge in [0.25, 0.3) is 0 Å². The third-order valence-electron chi connectivity index (χ3n) is 3.17. The average molecular weight is 260 g/mol. The average Bonchev–Trinajstić information content (AvgIpc) is 3.09. The van der Waals surface area contributed by atoms with E-state index in [2.05, 4.69) is 4.74 Å². The van der Waals surface area contributed by atoms with Crippen molar-refractivity contribution in [2.24, 2.45) is 5.92 Å². The zero-order chi connectivity index (χ0) is 13.2. The molecule has 1 aliphatic carbocycles. The number of rotatable bonds is 5. The third kappa shape index (κ3) is 3.63. The maximum atomic E-state index is 12.0. The fourth-order valence-corrected chi connectivity index (χ4v) is 2.23. The molecule has 0 aliphatic heterocycles. The molecule has 1 atom stereocenters. The molecule has 0 aromatic heterocycles. The molecule has 1 aromatic carbocycles. The molecule has 0 radical (unpaired) electrons. The Kier molecular flexibility index (Phi) is 3.80. The highest BCUT2D eigenvalue weighted by atomic mass is 19.4. The number of aliphatic hydroxyl groups excluding tert-OH is 1. The molecule has 1 aromatic rings. The SMILES string of the molecule is OCCC(c1ccc(OC(F)(F)F)cc1)C1CC1. The summed E-state index contributed by atoms with van der Waals surface area (Å²) in [6, 6.07) is 5.96. The minimum Gasteiger partial charge on any atom is -0.406 e. The number of alkyl halides is 3. The summed E-state index contributed by atoms with van der Waals surface area (Å²) in [5.74, 6) is 0.603. The van der Waals surface area contributed by atoms with Gasteiger partial charge < -0.3 is 9.84 Å². The normalized spacial score (nSPS) is 17.6. The zero-order valence-electron chi connectivity index (χ0n) is 9.78. The first-order chi connectivity index (χ1) is 8.49. The van der Waals surface area contributed by atoms with Crippen LogP contribution < -0.4 is 4.74 Å². The highest BCUT2D eigenvalue weighted by Gasteiger charge is 2.33. The Morgan fingerprint density at radius 1 is 1.22 bits per heavy atom. The lowest BCUT2D eigenvalue weighted by atomic mass is 9.91. The van der Waals surface area contributed by atoms with Crippen LogP contribution in [0.15, 0.2) is 24.3 Å². The first-order valence-corrected chi connectivity index (χ1v) is 5.96. The number of halogens is 3. The van der Waals surface area contributed by atoms with Gasteiger partial charge in [0.2, 0.25) is 0 Å². The monoisotopic (exact) mass is 260 g/mol. The summed E-state index contributed by atoms with van der Waals surface area (Å²) in [5.41, 5.74) is 0.973. The number of benzene rings is 1. The van der Waals surface area contributed by atoms with E-state index in [4.69, 9.17) is 5.11 Å². The number of aliphatic hydroxyl groups is 1. The van der Waals surface area contributed by atoms with Gasteiger partial charge in [-0.15, -0.1) is 13.2 Å². The summed E-state index contributed by atoms with van der Waals surface area (Å²) in [4.78, 5) is 0. The van der Waals surface area contributed by atoms with E-state index >= 15 is 0 Å². The maximum absolute atomic E-state index is 12.0. The molecule has 2 rings (SSSR count). The second kappa shape index (κ2) is 5.18. The van der Waals surface area contributed by atoms with Gasteiger partial charge in [-0.3, -0.25) is 0 Å². The van der Waals surface area contributed by atoms with Gasteiger partial charge in [0.1, 0.15) is 5.75 Å². The van der Waals surface area contributed by atoms with E-state index in [1.807, 2.05) is 0 Å². The number of hydrogen-bond donors (Lipinski definition) is 1. The Morgan fingerprint density at radius 3 is 2.28 bits per heavy atom. The molecule has 100 valence electrons. The van der Waals surface area contributed by atoms with E-state index < -0.39 is 6.36 Å². The van der Waals surface area contributed by atoms with Gasteiger partial charge in [-0.2, -0.15) is 0 Å². The van der Waals surface area contributed by atoms with Crippen LogP contribution >= 0.6 is 0 Å². The predicted octanol–water partition coefficient (Wildman–Crippen LogP) is 3.46. The van der Waals surface area contributed by atoms with E-state index in [1.165, 1.54) is 12.1 Å². The second-order valence-electron chi connectivity index (χ2n) is 4.57. The molecular weight excluding hydrogens is 245 g/mol. The Balaban J connectivity index is 2.06. The Morgan fingerprint density at radius 2 is 1.83 bits per heavy atom. The molecule has 0 heterocycles. The molecule has 1 aliphatic rings. The summed E-state index contributed by atoms with van der Waals surface area (Å²) in [6.45, 7) is 0.0992. The summed E-state index contributed by atoms with van der Waals surface area (Å²) < 4.78 is 39.8. The van der Waals surface area contributed by atoms with E-state index in [0.29, 0.717) is 12.3 Å². The molecule has 0 amide bonds. The van der Waals surface area contributed by atoms with Crippen LogP contribution in [0.5, 0.6) is 5.75 Å². The van der Waals surface area contributed by atoms with Crippen molar-refractivity contribution in [1.29, 1.82) is 0 Å². The van der Waals surface area contributed by atoms with E-state index in [-0.39, 0.29) is 18.3 Å². The molecular formula is C13H15F3O2. The van der Waals surface area contributed by atoms with Crippen molar-refractivity contribution in [3.05, 3.63) is 29.8 Å². The predicted molar refractivity (Wildman–Crippen MR) is 60.3 cm³/mol. The van der Waals surface area contributed by atoms with Crippen LogP contribution in [0.3, 0.4) is 0 Å². The van der Waals surface area contributed by atoms with Crippen LogP contribution in [0.4, 0.5) is 13.2 Å². The van der Waals surface area contributed by atoms with Crippen LogP contribution in [0, 0.1) is 5.92 Å². The molecule has 1 unspecified atom stereocenters. The van der Waals surface area contributed by atoms with E-state index in [1.54, 1.807) is 12.1 Å². The molecule has 0 saturated heterocycles. The van der Waals surface area contributed by atoms with Gasteiger partial charge in [-0.25, -0.2) is 0 Å². The third-order valence-corrected chi connectivity index (χ3v) is 3.17. The van der Waals surface area contributed by atoms with Crippen molar-refractivity contribution in [1.82, 2.24) is 0 Å². The van der Waals surface area contributed by atoms with Crippen LogP contribution in [0.25, 0.3) is 0 Å². The molecule has 1 saturated carbocycles. The Labute approximate surface area is 103 Å². The van der Waals surface area contributed by atoms with Crippen molar-refractivity contribution in [2.45, 2.75) is 31.5 Å². The fraction of sp³-hybridized carbons (Fsp3) is 0.538. The summed E-state index contributed by atoms with van der Waals surface area (Å²) in [6.07, 6.45) is -1.73. The minimum absolute atomic E-state index is 0.0992. The van der Waals surface area contributed by atoms with Gasteiger partial charge in [0.05, 0.1) is 0 Å². The molecule has 18 heavy (non-hydrogen) atoms. The van der Waals surface area contributed by atoms with Crippen molar-refractivity contribution in [2.75, 3.05) is 6.61 Å². The minimum atomic E-state index is -4.65. The van der Waals surface area contributed by atoms with Gasteiger partial charge in [-0.1, -0.05) is 12.1 Å². The van der Waals surface area contributed by atoms with Gasteiger partial charge in [0.15, 0.2) is 0 Å². The highest BCUT2D eigenvalue weighted by Crippen LogP contribution is 2.44. The Bertz CT molecular complexity index is 382. The fourth-order valence-electron chi connectivity index (χ4n) is 2.23. The van der Waals surface area contributed by atoms with Crippen LogP contribution in [-0.4, -0.2) is 18.1 Å². The second-order valence-corrected chi connectivity index (χ2v) is 4.57. The van der Waals surface area contributed by atoms with Crippen molar-refractivity contribution < 1.29 is 23.0 Å². The first kappa shape index (κ1) is 13.2. The number of ether oxygens (including phenoxy) is 1. The smallest absolute Gasteiger partial charge is 0.406 e. The molecule has 0 bridgehead atoms. The highest BCUT2D eigenvalue weighted by molar-refractivity contribution is 5.30. The van der Waals surface area contributed by atoms with E-state index in [0.717, 1.165) is 18.4 Å². The molecule has 0 spiro atoms. The standard InChI is InChI=1S/C13H15F3O2/c14-13(15,16)18-11-5-3-10(4-6-11)12(7-8-17)9-1-2-9/h3-6,9,12,17H,1-2,7-8H2. The summed E-state index contributed by atoms with van der Waals surface area (Å²) >= 11 is 0. The molecule has 2 nitrogen and oxygen atoms in total. The largest absolute Gasteiger partial charge is 0.573 e. The lowest BCUT2D eigenvalue weighted by molar-refractivity contribution is -0.274. The van der Waals surface area contributed by atoms with Gasteiger partial charge in [-0.05, 0) is 48.8 Å². The quantitative estimate of drug-likeness (QED) is 0.878.